The number of pyridine rings is 2. The summed E-state index contributed by atoms with van der Waals surface area (Å²) in [7, 11) is 1.76. The Bertz CT molecular complexity index is 1460. The lowest BCUT2D eigenvalue weighted by Gasteiger charge is -2.42. The number of alkyl halides is 3. The Labute approximate surface area is 241 Å². The number of hydrogen-bond acceptors (Lipinski definition) is 7. The van der Waals surface area contributed by atoms with E-state index in [2.05, 4.69) is 20.6 Å². The molecule has 1 amide bonds. The van der Waals surface area contributed by atoms with E-state index in [0.29, 0.717) is 30.0 Å². The molecule has 3 heterocycles. The molecule has 0 aliphatic carbocycles. The standard InChI is InChI=1S/C30H32F4N6O2/c1-4-42-27-23(6-5-11-37-27)26-24(31)15-22(18-38-26)29(28(41)39-19(2)17-36-3)9-12-40(13-10-29)25-8-7-21(30(32,33)34)14-20(25)16-35/h5-8,11,14-15,18-19,36H,4,9-10,12-13,17H2,1-3H3,(H,39,41)/t19-/m0/s1. The summed E-state index contributed by atoms with van der Waals surface area (Å²) in [5.41, 5.74) is -1.03. The van der Waals surface area contributed by atoms with E-state index in [0.717, 1.165) is 12.1 Å². The van der Waals surface area contributed by atoms with E-state index in [1.54, 1.807) is 31.0 Å². The zero-order valence-corrected chi connectivity index (χ0v) is 23.6. The molecule has 1 atom stereocenters. The lowest BCUT2D eigenvalue weighted by Crippen LogP contribution is -2.54. The molecule has 42 heavy (non-hydrogen) atoms. The summed E-state index contributed by atoms with van der Waals surface area (Å²) in [5.74, 6) is -0.706. The summed E-state index contributed by atoms with van der Waals surface area (Å²) in [6.07, 6.45) is -1.12. The van der Waals surface area contributed by atoms with Gasteiger partial charge in [0.15, 0.2) is 0 Å². The van der Waals surface area contributed by atoms with Crippen molar-refractivity contribution in [3.8, 4) is 23.2 Å². The van der Waals surface area contributed by atoms with Gasteiger partial charge in [-0.25, -0.2) is 9.37 Å². The number of nitriles is 1. The van der Waals surface area contributed by atoms with Gasteiger partial charge in [-0.1, -0.05) is 0 Å². The average molecular weight is 585 g/mol. The first-order valence-electron chi connectivity index (χ1n) is 13.6. The maximum atomic E-state index is 15.7. The maximum absolute atomic E-state index is 15.7. The predicted molar refractivity (Wildman–Crippen MR) is 149 cm³/mol. The number of carbonyl (C=O) groups excluding carboxylic acids is 1. The first-order chi connectivity index (χ1) is 20.0. The highest BCUT2D eigenvalue weighted by atomic mass is 19.4. The Balaban J connectivity index is 1.69. The maximum Gasteiger partial charge on any atom is 0.416 e. The van der Waals surface area contributed by atoms with Gasteiger partial charge in [0.25, 0.3) is 0 Å². The monoisotopic (exact) mass is 584 g/mol. The van der Waals surface area contributed by atoms with Gasteiger partial charge in [0, 0.05) is 38.1 Å². The van der Waals surface area contributed by atoms with Gasteiger partial charge >= 0.3 is 6.18 Å². The molecule has 222 valence electrons. The largest absolute Gasteiger partial charge is 0.477 e. The van der Waals surface area contributed by atoms with E-state index in [1.807, 2.05) is 13.0 Å². The zero-order chi connectivity index (χ0) is 30.5. The van der Waals surface area contributed by atoms with E-state index in [9.17, 15) is 23.2 Å². The van der Waals surface area contributed by atoms with Crippen LogP contribution in [0, 0.1) is 17.1 Å². The summed E-state index contributed by atoms with van der Waals surface area (Å²) < 4.78 is 60.9. The minimum absolute atomic E-state index is 0.0373. The number of carbonyl (C=O) groups is 1. The predicted octanol–water partition coefficient (Wildman–Crippen LogP) is 4.83. The van der Waals surface area contributed by atoms with Crippen molar-refractivity contribution in [2.75, 3.05) is 38.2 Å². The number of amides is 1. The van der Waals surface area contributed by atoms with Crippen molar-refractivity contribution in [2.45, 2.75) is 44.3 Å². The average Bonchev–Trinajstić information content (AvgIpc) is 2.97. The molecule has 1 aliphatic heterocycles. The molecule has 2 aromatic heterocycles. The number of benzene rings is 1. The fourth-order valence-corrected chi connectivity index (χ4v) is 5.29. The second-order valence-electron chi connectivity index (χ2n) is 10.2. The third kappa shape index (κ3) is 6.31. The van der Waals surface area contributed by atoms with Crippen LogP contribution in [-0.2, 0) is 16.4 Å². The zero-order valence-electron chi connectivity index (χ0n) is 23.6. The molecular formula is C30H32F4N6O2. The van der Waals surface area contributed by atoms with Gasteiger partial charge in [-0.2, -0.15) is 18.4 Å². The Morgan fingerprint density at radius 2 is 1.95 bits per heavy atom. The van der Waals surface area contributed by atoms with Crippen LogP contribution < -0.4 is 20.3 Å². The number of hydrogen-bond donors (Lipinski definition) is 2. The highest BCUT2D eigenvalue weighted by Crippen LogP contribution is 2.40. The van der Waals surface area contributed by atoms with E-state index in [-0.39, 0.29) is 55.0 Å². The minimum atomic E-state index is -4.58. The number of nitrogens with one attached hydrogen (secondary N) is 2. The van der Waals surface area contributed by atoms with Crippen molar-refractivity contribution in [3.63, 3.8) is 0 Å². The van der Waals surface area contributed by atoms with Crippen molar-refractivity contribution < 1.29 is 27.1 Å². The quantitative estimate of drug-likeness (QED) is 0.347. The van der Waals surface area contributed by atoms with Gasteiger partial charge in [-0.05, 0) is 75.7 Å². The smallest absolute Gasteiger partial charge is 0.416 e. The van der Waals surface area contributed by atoms with Crippen LogP contribution in [0.25, 0.3) is 11.3 Å². The summed E-state index contributed by atoms with van der Waals surface area (Å²) >= 11 is 0. The molecule has 8 nitrogen and oxygen atoms in total. The van der Waals surface area contributed by atoms with Crippen molar-refractivity contribution >= 4 is 11.6 Å². The van der Waals surface area contributed by atoms with Gasteiger partial charge in [-0.3, -0.25) is 9.78 Å². The highest BCUT2D eigenvalue weighted by Gasteiger charge is 2.44. The lowest BCUT2D eigenvalue weighted by molar-refractivity contribution is -0.137. The fourth-order valence-electron chi connectivity index (χ4n) is 5.29. The van der Waals surface area contributed by atoms with Crippen LogP contribution in [0.1, 0.15) is 43.4 Å². The Kier molecular flexibility index (Phi) is 9.31. The summed E-state index contributed by atoms with van der Waals surface area (Å²) in [6.45, 7) is 4.97. The third-order valence-electron chi connectivity index (χ3n) is 7.43. The molecule has 0 unspecified atom stereocenters. The molecule has 4 rings (SSSR count). The van der Waals surface area contributed by atoms with E-state index >= 15 is 4.39 Å². The molecular weight excluding hydrogens is 552 g/mol. The van der Waals surface area contributed by atoms with Crippen LogP contribution in [0.2, 0.25) is 0 Å². The van der Waals surface area contributed by atoms with Gasteiger partial charge in [0.1, 0.15) is 17.6 Å². The number of halogens is 4. The van der Waals surface area contributed by atoms with Gasteiger partial charge in [0.2, 0.25) is 11.8 Å². The molecule has 0 radical (unpaired) electrons. The molecule has 0 bridgehead atoms. The summed E-state index contributed by atoms with van der Waals surface area (Å²) in [6, 6.07) is 9.30. The molecule has 0 spiro atoms. The van der Waals surface area contributed by atoms with Crippen molar-refractivity contribution in [3.05, 3.63) is 71.3 Å². The first-order valence-corrected chi connectivity index (χ1v) is 13.6. The second kappa shape index (κ2) is 12.7. The number of likely N-dealkylation sites (N-methyl/N-ethyl adjacent to an activating group) is 1. The summed E-state index contributed by atoms with van der Waals surface area (Å²) in [5, 5.41) is 15.6. The van der Waals surface area contributed by atoms with Crippen LogP contribution in [0.4, 0.5) is 23.2 Å². The highest BCUT2D eigenvalue weighted by molar-refractivity contribution is 5.89. The fraction of sp³-hybridized carbons (Fsp3) is 0.400. The van der Waals surface area contributed by atoms with Crippen LogP contribution in [-0.4, -0.2) is 55.2 Å². The van der Waals surface area contributed by atoms with Crippen LogP contribution >= 0.6 is 0 Å². The first kappa shape index (κ1) is 30.7. The van der Waals surface area contributed by atoms with Crippen LogP contribution in [0.15, 0.2) is 48.8 Å². The molecule has 3 aromatic rings. The van der Waals surface area contributed by atoms with Crippen molar-refractivity contribution in [1.29, 1.82) is 5.26 Å². The Morgan fingerprint density at radius 3 is 2.57 bits per heavy atom. The van der Waals surface area contributed by atoms with Gasteiger partial charge in [-0.15, -0.1) is 0 Å². The molecule has 1 fully saturated rings. The third-order valence-corrected chi connectivity index (χ3v) is 7.43. The van der Waals surface area contributed by atoms with E-state index in [4.69, 9.17) is 4.74 Å². The summed E-state index contributed by atoms with van der Waals surface area (Å²) in [4.78, 5) is 24.2. The van der Waals surface area contributed by atoms with Crippen molar-refractivity contribution in [2.24, 2.45) is 0 Å². The van der Waals surface area contributed by atoms with Crippen molar-refractivity contribution in [1.82, 2.24) is 20.6 Å². The topological polar surface area (TPSA) is 103 Å². The molecule has 0 saturated carbocycles. The second-order valence-corrected chi connectivity index (χ2v) is 10.2. The number of nitrogens with zero attached hydrogens (tertiary/aromatic N) is 4. The number of piperidine rings is 1. The molecule has 1 aromatic carbocycles. The van der Waals surface area contributed by atoms with Crippen LogP contribution in [0.5, 0.6) is 5.88 Å². The molecule has 1 aliphatic rings. The van der Waals surface area contributed by atoms with E-state index in [1.165, 1.54) is 24.5 Å². The molecule has 12 heteroatoms. The lowest BCUT2D eigenvalue weighted by atomic mass is 9.72. The van der Waals surface area contributed by atoms with Gasteiger partial charge < -0.3 is 20.3 Å². The minimum Gasteiger partial charge on any atom is -0.477 e. The van der Waals surface area contributed by atoms with Crippen LogP contribution in [0.3, 0.4) is 0 Å². The Hall–Kier alpha value is -4.24. The molecule has 1 saturated heterocycles. The Morgan fingerprint density at radius 1 is 1.21 bits per heavy atom. The normalized spacial score (nSPS) is 15.5. The molecule has 2 N–H and O–H groups in total. The number of anilines is 1. The number of rotatable bonds is 9. The van der Waals surface area contributed by atoms with Gasteiger partial charge in [0.05, 0.1) is 34.4 Å². The number of aromatic nitrogens is 2. The van der Waals surface area contributed by atoms with E-state index < -0.39 is 23.0 Å². The number of ether oxygens (including phenoxy) is 1. The SMILES string of the molecule is CCOc1ncccc1-c1ncc(C2(C(=O)N[C@@H](C)CNC)CCN(c3ccc(C(F)(F)F)cc3C#N)CC2)cc1F.